The minimum Gasteiger partial charge on any atom is -0.332 e. The summed E-state index contributed by atoms with van der Waals surface area (Å²) in [6.07, 6.45) is 3.94. The second-order valence-corrected chi connectivity index (χ2v) is 4.08. The molecule has 0 spiro atoms. The van der Waals surface area contributed by atoms with Crippen LogP contribution in [0.5, 0.6) is 0 Å². The van der Waals surface area contributed by atoms with Crippen LogP contribution in [0.4, 0.5) is 5.69 Å². The molecule has 0 saturated carbocycles. The van der Waals surface area contributed by atoms with Crippen LogP contribution < -0.4 is 4.90 Å². The van der Waals surface area contributed by atoms with Gasteiger partial charge in [0.05, 0.1) is 0 Å². The van der Waals surface area contributed by atoms with E-state index < -0.39 is 0 Å². The molecule has 0 radical (unpaired) electrons. The average molecular weight is 200 g/mol. The molecule has 0 aliphatic carbocycles. The molecule has 2 nitrogen and oxygen atoms in total. The number of aliphatic imine (C=N–C) groups is 1. The summed E-state index contributed by atoms with van der Waals surface area (Å²) in [5.74, 6) is 1.54. The van der Waals surface area contributed by atoms with Crippen LogP contribution in [-0.2, 0) is 0 Å². The summed E-state index contributed by atoms with van der Waals surface area (Å²) in [6.45, 7) is 4.33. The Bertz CT molecular complexity index is 416. The van der Waals surface area contributed by atoms with E-state index in [2.05, 4.69) is 61.1 Å². The highest BCUT2D eigenvalue weighted by Gasteiger charge is 2.15. The molecule has 1 heterocycles. The van der Waals surface area contributed by atoms with E-state index in [1.54, 1.807) is 0 Å². The van der Waals surface area contributed by atoms with Crippen molar-refractivity contribution in [2.75, 3.05) is 11.9 Å². The topological polar surface area (TPSA) is 15.6 Å². The molecule has 2 heteroatoms. The number of fused-ring (bicyclic) bond motifs is 1. The van der Waals surface area contributed by atoms with Gasteiger partial charge in [-0.25, -0.2) is 4.99 Å². The van der Waals surface area contributed by atoms with Gasteiger partial charge in [-0.05, 0) is 17.7 Å². The van der Waals surface area contributed by atoms with Gasteiger partial charge in [0.15, 0.2) is 0 Å². The van der Waals surface area contributed by atoms with Gasteiger partial charge in [0.1, 0.15) is 5.84 Å². The zero-order chi connectivity index (χ0) is 10.8. The van der Waals surface area contributed by atoms with Crippen LogP contribution in [0.15, 0.2) is 35.5 Å². The molecule has 0 N–H and O–H groups in total. The summed E-state index contributed by atoms with van der Waals surface area (Å²) in [5.41, 5.74) is 2.44. The molecule has 0 unspecified atom stereocenters. The third-order valence-corrected chi connectivity index (χ3v) is 2.62. The first-order valence-corrected chi connectivity index (χ1v) is 5.27. The molecule has 1 aliphatic rings. The van der Waals surface area contributed by atoms with E-state index in [4.69, 9.17) is 0 Å². The second kappa shape index (κ2) is 3.89. The third kappa shape index (κ3) is 1.80. The number of benzene rings is 1. The monoisotopic (exact) mass is 200 g/mol. The van der Waals surface area contributed by atoms with E-state index in [0.717, 1.165) is 5.84 Å². The maximum atomic E-state index is 4.48. The lowest BCUT2D eigenvalue weighted by atomic mass is 10.1. The summed E-state index contributed by atoms with van der Waals surface area (Å²) < 4.78 is 0. The minimum atomic E-state index is 0.436. The SMILES string of the molecule is CC(C)C1=NC=Cc2ccccc2N1C. The predicted octanol–water partition coefficient (Wildman–Crippen LogP) is 3.16. The highest BCUT2D eigenvalue weighted by Crippen LogP contribution is 2.24. The lowest BCUT2D eigenvalue weighted by Crippen LogP contribution is -2.30. The maximum Gasteiger partial charge on any atom is 0.111 e. The number of hydrogen-bond acceptors (Lipinski definition) is 2. The van der Waals surface area contributed by atoms with Crippen molar-refractivity contribution in [1.29, 1.82) is 0 Å². The second-order valence-electron chi connectivity index (χ2n) is 4.08. The summed E-state index contributed by atoms with van der Waals surface area (Å²) in [6, 6.07) is 8.35. The number of amidine groups is 1. The lowest BCUT2D eigenvalue weighted by molar-refractivity contribution is 0.858. The van der Waals surface area contributed by atoms with Gasteiger partial charge in [-0.1, -0.05) is 32.0 Å². The highest BCUT2D eigenvalue weighted by molar-refractivity contribution is 6.01. The fourth-order valence-corrected chi connectivity index (χ4v) is 1.87. The highest BCUT2D eigenvalue weighted by atomic mass is 15.2. The third-order valence-electron chi connectivity index (χ3n) is 2.62. The fourth-order valence-electron chi connectivity index (χ4n) is 1.87. The fraction of sp³-hybridized carbons (Fsp3) is 0.308. The smallest absolute Gasteiger partial charge is 0.111 e. The Balaban J connectivity index is 2.49. The van der Waals surface area contributed by atoms with Crippen LogP contribution in [0.2, 0.25) is 0 Å². The normalized spacial score (nSPS) is 14.9. The predicted molar refractivity (Wildman–Crippen MR) is 66.2 cm³/mol. The van der Waals surface area contributed by atoms with Gasteiger partial charge in [0.25, 0.3) is 0 Å². The molecule has 2 rings (SSSR count). The van der Waals surface area contributed by atoms with E-state index >= 15 is 0 Å². The molecule has 1 aromatic carbocycles. The van der Waals surface area contributed by atoms with E-state index in [9.17, 15) is 0 Å². The summed E-state index contributed by atoms with van der Waals surface area (Å²) in [7, 11) is 2.07. The first-order valence-electron chi connectivity index (χ1n) is 5.27. The Morgan fingerprint density at radius 2 is 1.93 bits per heavy atom. The summed E-state index contributed by atoms with van der Waals surface area (Å²) in [5, 5.41) is 0. The van der Waals surface area contributed by atoms with Crippen molar-refractivity contribution in [2.24, 2.45) is 10.9 Å². The van der Waals surface area contributed by atoms with Crippen molar-refractivity contribution in [2.45, 2.75) is 13.8 Å². The van der Waals surface area contributed by atoms with Crippen LogP contribution in [-0.4, -0.2) is 12.9 Å². The maximum absolute atomic E-state index is 4.48. The zero-order valence-electron chi connectivity index (χ0n) is 9.44. The molecule has 1 aliphatic heterocycles. The van der Waals surface area contributed by atoms with Crippen LogP contribution in [0.3, 0.4) is 0 Å². The van der Waals surface area contributed by atoms with Crippen molar-refractivity contribution in [3.63, 3.8) is 0 Å². The van der Waals surface area contributed by atoms with Crippen molar-refractivity contribution in [3.05, 3.63) is 36.0 Å². The van der Waals surface area contributed by atoms with Gasteiger partial charge in [-0.15, -0.1) is 0 Å². The zero-order valence-corrected chi connectivity index (χ0v) is 9.44. The molecule has 0 amide bonds. The number of anilines is 1. The quantitative estimate of drug-likeness (QED) is 0.680. The van der Waals surface area contributed by atoms with E-state index in [1.165, 1.54) is 11.3 Å². The molecular weight excluding hydrogens is 184 g/mol. The summed E-state index contributed by atoms with van der Waals surface area (Å²) in [4.78, 5) is 6.65. The molecule has 1 aromatic rings. The van der Waals surface area contributed by atoms with Crippen LogP contribution in [0.25, 0.3) is 6.08 Å². The molecule has 0 saturated heterocycles. The van der Waals surface area contributed by atoms with Crippen molar-refractivity contribution >= 4 is 17.6 Å². The van der Waals surface area contributed by atoms with Gasteiger partial charge >= 0.3 is 0 Å². The van der Waals surface area contributed by atoms with Crippen molar-refractivity contribution < 1.29 is 0 Å². The van der Waals surface area contributed by atoms with Crippen LogP contribution >= 0.6 is 0 Å². The summed E-state index contributed by atoms with van der Waals surface area (Å²) >= 11 is 0. The number of para-hydroxylation sites is 1. The molecule has 0 bridgehead atoms. The molecule has 0 aromatic heterocycles. The van der Waals surface area contributed by atoms with Crippen molar-refractivity contribution in [1.82, 2.24) is 0 Å². The van der Waals surface area contributed by atoms with Gasteiger partial charge < -0.3 is 4.90 Å². The Hall–Kier alpha value is -1.57. The van der Waals surface area contributed by atoms with Gasteiger partial charge in [-0.3, -0.25) is 0 Å². The standard InChI is InChI=1S/C13H16N2/c1-10(2)13-14-9-8-11-6-4-5-7-12(11)15(13)3/h4-10H,1-3H3. The molecular formula is C13H16N2. The van der Waals surface area contributed by atoms with Crippen LogP contribution in [0, 0.1) is 5.92 Å². The number of nitrogens with zero attached hydrogens (tertiary/aromatic N) is 2. The molecule has 0 fully saturated rings. The molecule has 15 heavy (non-hydrogen) atoms. The molecule has 0 atom stereocenters. The molecule has 78 valence electrons. The van der Waals surface area contributed by atoms with E-state index in [0.29, 0.717) is 5.92 Å². The van der Waals surface area contributed by atoms with Gasteiger partial charge in [0, 0.05) is 24.9 Å². The van der Waals surface area contributed by atoms with Crippen molar-refractivity contribution in [3.8, 4) is 0 Å². The largest absolute Gasteiger partial charge is 0.332 e. The van der Waals surface area contributed by atoms with E-state index in [-0.39, 0.29) is 0 Å². The van der Waals surface area contributed by atoms with Gasteiger partial charge in [-0.2, -0.15) is 0 Å². The van der Waals surface area contributed by atoms with E-state index in [1.807, 2.05) is 6.20 Å². The Labute approximate surface area is 90.9 Å². The number of hydrogen-bond donors (Lipinski definition) is 0. The lowest BCUT2D eigenvalue weighted by Gasteiger charge is -2.24. The van der Waals surface area contributed by atoms with Crippen LogP contribution in [0.1, 0.15) is 19.4 Å². The average Bonchev–Trinajstić information content (AvgIpc) is 2.39. The first kappa shape index (κ1) is 9.97. The van der Waals surface area contributed by atoms with Gasteiger partial charge in [0.2, 0.25) is 0 Å². The Morgan fingerprint density at radius 3 is 2.67 bits per heavy atom. The first-order chi connectivity index (χ1) is 7.20. The minimum absolute atomic E-state index is 0.436. The number of rotatable bonds is 1. The Kier molecular flexibility index (Phi) is 2.58. The Morgan fingerprint density at radius 1 is 1.20 bits per heavy atom.